The van der Waals surface area contributed by atoms with Crippen molar-refractivity contribution >= 4 is 22.6 Å². The molecule has 0 amide bonds. The molecular weight excluding hydrogens is 265 g/mol. The average molecular weight is 277 g/mol. The number of hydrogen-bond acceptors (Lipinski definition) is 1. The average Bonchev–Trinajstić information content (AvgIpc) is 2.66. The zero-order valence-electron chi connectivity index (χ0n) is 9.54. The van der Waals surface area contributed by atoms with Crippen LogP contribution in [0.15, 0.2) is 24.3 Å². The number of hydrogen-bond donors (Lipinski definition) is 0. The van der Waals surface area contributed by atoms with Crippen LogP contribution in [0.5, 0.6) is 0 Å². The van der Waals surface area contributed by atoms with Crippen LogP contribution in [0.3, 0.4) is 0 Å². The topological polar surface area (TPSA) is 17.8 Å². The zero-order valence-corrected chi connectivity index (χ0v) is 10.3. The molecule has 0 fully saturated rings. The second-order valence-electron chi connectivity index (χ2n) is 4.02. The first-order chi connectivity index (χ1) is 8.51. The maximum Gasteiger partial charge on any atom is 0.389 e. The van der Waals surface area contributed by atoms with Gasteiger partial charge in [0.05, 0.1) is 16.9 Å². The standard InChI is InChI=1S/C12H12ClF3N2/c13-8-11-17-9-4-1-2-5-10(9)18(11)7-3-6-12(14,15)16/h1-2,4-5H,3,6-8H2. The number of rotatable bonds is 4. The number of para-hydroxylation sites is 2. The second kappa shape index (κ2) is 5.18. The zero-order chi connectivity index (χ0) is 13.2. The molecule has 2 rings (SSSR count). The fraction of sp³-hybridized carbons (Fsp3) is 0.417. The van der Waals surface area contributed by atoms with Crippen LogP contribution in [0.4, 0.5) is 13.2 Å². The Labute approximate surface area is 107 Å². The van der Waals surface area contributed by atoms with E-state index in [1.165, 1.54) is 0 Å². The number of halogens is 4. The molecule has 6 heteroatoms. The summed E-state index contributed by atoms with van der Waals surface area (Å²) in [5.74, 6) is 0.806. The van der Waals surface area contributed by atoms with Gasteiger partial charge in [-0.2, -0.15) is 13.2 Å². The summed E-state index contributed by atoms with van der Waals surface area (Å²) >= 11 is 5.77. The van der Waals surface area contributed by atoms with E-state index >= 15 is 0 Å². The van der Waals surface area contributed by atoms with Crippen molar-refractivity contribution in [2.75, 3.05) is 0 Å². The van der Waals surface area contributed by atoms with Crippen LogP contribution >= 0.6 is 11.6 Å². The predicted octanol–water partition coefficient (Wildman–Crippen LogP) is 4.12. The number of alkyl halides is 4. The maximum absolute atomic E-state index is 12.1. The molecule has 1 aromatic heterocycles. The van der Waals surface area contributed by atoms with Crippen molar-refractivity contribution in [2.45, 2.75) is 31.4 Å². The van der Waals surface area contributed by atoms with E-state index < -0.39 is 12.6 Å². The summed E-state index contributed by atoms with van der Waals surface area (Å²) in [6.45, 7) is 0.280. The molecule has 18 heavy (non-hydrogen) atoms. The van der Waals surface area contributed by atoms with Crippen LogP contribution in [-0.4, -0.2) is 15.7 Å². The van der Waals surface area contributed by atoms with Gasteiger partial charge in [0, 0.05) is 13.0 Å². The molecule has 2 nitrogen and oxygen atoms in total. The van der Waals surface area contributed by atoms with Crippen LogP contribution in [0.25, 0.3) is 11.0 Å². The lowest BCUT2D eigenvalue weighted by atomic mass is 10.3. The molecule has 0 atom stereocenters. The molecular formula is C12H12ClF3N2. The Bertz CT molecular complexity index is 534. The van der Waals surface area contributed by atoms with Gasteiger partial charge >= 0.3 is 6.18 Å². The molecule has 0 aliphatic heterocycles. The van der Waals surface area contributed by atoms with Crippen LogP contribution in [0, 0.1) is 0 Å². The summed E-state index contributed by atoms with van der Waals surface area (Å²) in [7, 11) is 0. The van der Waals surface area contributed by atoms with Gasteiger partial charge in [-0.1, -0.05) is 12.1 Å². The van der Waals surface area contributed by atoms with Crippen LogP contribution in [0.2, 0.25) is 0 Å². The largest absolute Gasteiger partial charge is 0.389 e. The third-order valence-electron chi connectivity index (χ3n) is 2.70. The van der Waals surface area contributed by atoms with Crippen molar-refractivity contribution in [1.82, 2.24) is 9.55 Å². The van der Waals surface area contributed by atoms with Crippen molar-refractivity contribution in [3.8, 4) is 0 Å². The van der Waals surface area contributed by atoms with Crippen LogP contribution < -0.4 is 0 Å². The number of fused-ring (bicyclic) bond motifs is 1. The van der Waals surface area contributed by atoms with Gasteiger partial charge in [0.2, 0.25) is 0 Å². The maximum atomic E-state index is 12.1. The van der Waals surface area contributed by atoms with Gasteiger partial charge in [0.15, 0.2) is 0 Å². The lowest BCUT2D eigenvalue weighted by Crippen LogP contribution is -2.10. The minimum atomic E-state index is -4.11. The molecule has 0 aliphatic carbocycles. The quantitative estimate of drug-likeness (QED) is 0.768. The summed E-state index contributed by atoms with van der Waals surface area (Å²) in [6, 6.07) is 7.34. The molecule has 0 radical (unpaired) electrons. The Morgan fingerprint density at radius 2 is 1.94 bits per heavy atom. The highest BCUT2D eigenvalue weighted by Crippen LogP contribution is 2.23. The molecule has 98 valence electrons. The van der Waals surface area contributed by atoms with E-state index in [4.69, 9.17) is 11.6 Å². The Morgan fingerprint density at radius 1 is 1.22 bits per heavy atom. The van der Waals surface area contributed by atoms with Gasteiger partial charge in [-0.3, -0.25) is 0 Å². The molecule has 1 aromatic carbocycles. The predicted molar refractivity (Wildman–Crippen MR) is 64.6 cm³/mol. The van der Waals surface area contributed by atoms with E-state index in [0.29, 0.717) is 5.82 Å². The SMILES string of the molecule is FC(F)(F)CCCn1c(CCl)nc2ccccc21. The lowest BCUT2D eigenvalue weighted by molar-refractivity contribution is -0.135. The number of aromatic nitrogens is 2. The Morgan fingerprint density at radius 3 is 2.61 bits per heavy atom. The molecule has 0 bridgehead atoms. The summed E-state index contributed by atoms with van der Waals surface area (Å²) in [5, 5.41) is 0. The molecule has 0 unspecified atom stereocenters. The molecule has 0 spiro atoms. The molecule has 0 N–H and O–H groups in total. The number of benzene rings is 1. The van der Waals surface area contributed by atoms with Crippen molar-refractivity contribution in [1.29, 1.82) is 0 Å². The second-order valence-corrected chi connectivity index (χ2v) is 4.29. The number of aryl methyl sites for hydroxylation is 1. The highest BCUT2D eigenvalue weighted by molar-refractivity contribution is 6.16. The summed E-state index contributed by atoms with van der Waals surface area (Å²) in [6.07, 6.45) is -4.87. The lowest BCUT2D eigenvalue weighted by Gasteiger charge is -2.09. The van der Waals surface area contributed by atoms with Crippen molar-refractivity contribution in [2.24, 2.45) is 0 Å². The first kappa shape index (κ1) is 13.2. The van der Waals surface area contributed by atoms with Gasteiger partial charge in [-0.05, 0) is 18.6 Å². The highest BCUT2D eigenvalue weighted by atomic mass is 35.5. The van der Waals surface area contributed by atoms with Gasteiger partial charge in [0.25, 0.3) is 0 Å². The van der Waals surface area contributed by atoms with E-state index in [1.807, 2.05) is 24.3 Å². The normalized spacial score (nSPS) is 12.2. The van der Waals surface area contributed by atoms with Gasteiger partial charge < -0.3 is 4.57 Å². The Hall–Kier alpha value is -1.23. The molecule has 0 saturated carbocycles. The fourth-order valence-electron chi connectivity index (χ4n) is 1.91. The molecule has 1 heterocycles. The van der Waals surface area contributed by atoms with Crippen molar-refractivity contribution < 1.29 is 13.2 Å². The number of imidazole rings is 1. The smallest absolute Gasteiger partial charge is 0.327 e. The molecule has 0 saturated heterocycles. The first-order valence-electron chi connectivity index (χ1n) is 5.58. The van der Waals surface area contributed by atoms with Gasteiger partial charge in [-0.25, -0.2) is 4.98 Å². The fourth-order valence-corrected chi connectivity index (χ4v) is 2.12. The van der Waals surface area contributed by atoms with Crippen molar-refractivity contribution in [3.05, 3.63) is 30.1 Å². The minimum Gasteiger partial charge on any atom is -0.327 e. The van der Waals surface area contributed by atoms with E-state index in [2.05, 4.69) is 4.98 Å². The van der Waals surface area contributed by atoms with E-state index in [-0.39, 0.29) is 18.8 Å². The number of nitrogens with zero attached hydrogens (tertiary/aromatic N) is 2. The van der Waals surface area contributed by atoms with Gasteiger partial charge in [-0.15, -0.1) is 11.6 Å². The van der Waals surface area contributed by atoms with E-state index in [0.717, 1.165) is 11.0 Å². The minimum absolute atomic E-state index is 0.0355. The monoisotopic (exact) mass is 276 g/mol. The van der Waals surface area contributed by atoms with Gasteiger partial charge in [0.1, 0.15) is 5.82 Å². The van der Waals surface area contributed by atoms with Crippen LogP contribution in [-0.2, 0) is 12.4 Å². The van der Waals surface area contributed by atoms with E-state index in [9.17, 15) is 13.2 Å². The van der Waals surface area contributed by atoms with Crippen LogP contribution in [0.1, 0.15) is 18.7 Å². The summed E-state index contributed by atoms with van der Waals surface area (Å²) in [5.41, 5.74) is 1.59. The van der Waals surface area contributed by atoms with Crippen molar-refractivity contribution in [3.63, 3.8) is 0 Å². The third kappa shape index (κ3) is 2.96. The van der Waals surface area contributed by atoms with E-state index in [1.54, 1.807) is 4.57 Å². The summed E-state index contributed by atoms with van der Waals surface area (Å²) in [4.78, 5) is 4.30. The highest BCUT2D eigenvalue weighted by Gasteiger charge is 2.26. The molecule has 0 aliphatic rings. The Balaban J connectivity index is 2.20. The third-order valence-corrected chi connectivity index (χ3v) is 2.93. The first-order valence-corrected chi connectivity index (χ1v) is 6.11. The summed E-state index contributed by atoms with van der Waals surface area (Å²) < 4.78 is 38.1. The molecule has 2 aromatic rings. The Kier molecular flexibility index (Phi) is 3.80.